The first-order valence-electron chi connectivity index (χ1n) is 8.96. The van der Waals surface area contributed by atoms with E-state index in [0.717, 1.165) is 18.8 Å². The van der Waals surface area contributed by atoms with Gasteiger partial charge in [0.15, 0.2) is 0 Å². The number of nitrogens with one attached hydrogen (secondary N) is 1. The van der Waals surface area contributed by atoms with Crippen molar-refractivity contribution in [3.63, 3.8) is 0 Å². The van der Waals surface area contributed by atoms with Crippen molar-refractivity contribution in [1.82, 2.24) is 14.8 Å². The van der Waals surface area contributed by atoms with E-state index in [0.29, 0.717) is 24.3 Å². The molecule has 27 heavy (non-hydrogen) atoms. The number of benzene rings is 1. The van der Waals surface area contributed by atoms with Crippen molar-refractivity contribution < 1.29 is 9.59 Å². The van der Waals surface area contributed by atoms with Crippen molar-refractivity contribution in [2.75, 3.05) is 57.5 Å². The lowest BCUT2D eigenvalue weighted by Crippen LogP contribution is -2.47. The number of amides is 2. The molecule has 1 aliphatic rings. The number of rotatable bonds is 4. The van der Waals surface area contributed by atoms with Crippen LogP contribution in [0.1, 0.15) is 20.8 Å². The van der Waals surface area contributed by atoms with Crippen LogP contribution in [0.5, 0.6) is 0 Å². The Kier molecular flexibility index (Phi) is 5.71. The van der Waals surface area contributed by atoms with E-state index in [1.807, 2.05) is 55.2 Å². The fourth-order valence-electron chi connectivity index (χ4n) is 2.92. The molecule has 0 saturated carbocycles. The summed E-state index contributed by atoms with van der Waals surface area (Å²) in [6.45, 7) is 3.09. The average molecular weight is 367 g/mol. The molecule has 7 nitrogen and oxygen atoms in total. The summed E-state index contributed by atoms with van der Waals surface area (Å²) >= 11 is 0. The van der Waals surface area contributed by atoms with E-state index in [1.165, 1.54) is 6.20 Å². The summed E-state index contributed by atoms with van der Waals surface area (Å²) in [7, 11) is 5.96. The van der Waals surface area contributed by atoms with Crippen LogP contribution in [-0.4, -0.2) is 73.9 Å². The number of piperazine rings is 1. The number of likely N-dealkylation sites (N-methyl/N-ethyl adjacent to an activating group) is 1. The van der Waals surface area contributed by atoms with Gasteiger partial charge < -0.3 is 20.0 Å². The number of pyridine rings is 1. The number of carbonyl (C=O) groups excluding carboxylic acids is 2. The van der Waals surface area contributed by atoms with Crippen molar-refractivity contribution >= 4 is 23.2 Å². The third-order valence-electron chi connectivity index (χ3n) is 4.67. The molecule has 0 bridgehead atoms. The Morgan fingerprint density at radius 1 is 1.04 bits per heavy atom. The summed E-state index contributed by atoms with van der Waals surface area (Å²) in [4.78, 5) is 35.3. The second-order valence-electron chi connectivity index (χ2n) is 6.92. The van der Waals surface area contributed by atoms with Crippen molar-refractivity contribution in [1.29, 1.82) is 0 Å². The van der Waals surface area contributed by atoms with E-state index < -0.39 is 0 Å². The molecule has 3 rings (SSSR count). The van der Waals surface area contributed by atoms with Crippen molar-refractivity contribution in [2.24, 2.45) is 0 Å². The molecule has 1 N–H and O–H groups in total. The monoisotopic (exact) mass is 367 g/mol. The second-order valence-corrected chi connectivity index (χ2v) is 6.92. The Morgan fingerprint density at radius 3 is 2.33 bits per heavy atom. The maximum Gasteiger partial charge on any atom is 0.274 e. The first-order valence-corrected chi connectivity index (χ1v) is 8.96. The van der Waals surface area contributed by atoms with Crippen molar-refractivity contribution in [3.8, 4) is 0 Å². The van der Waals surface area contributed by atoms with Crippen LogP contribution < -0.4 is 10.2 Å². The molecular weight excluding hydrogens is 342 g/mol. The summed E-state index contributed by atoms with van der Waals surface area (Å²) in [5, 5.41) is 2.82. The first kappa shape index (κ1) is 18.8. The fraction of sp³-hybridized carbons (Fsp3) is 0.350. The topological polar surface area (TPSA) is 68.8 Å². The van der Waals surface area contributed by atoms with Crippen LogP contribution in [0.2, 0.25) is 0 Å². The molecule has 1 aromatic heterocycles. The lowest BCUT2D eigenvalue weighted by Gasteiger charge is -2.32. The van der Waals surface area contributed by atoms with E-state index >= 15 is 0 Å². The van der Waals surface area contributed by atoms with Gasteiger partial charge in [0.05, 0.1) is 0 Å². The molecule has 7 heteroatoms. The second kappa shape index (κ2) is 8.18. The predicted molar refractivity (Wildman–Crippen MR) is 106 cm³/mol. The molecule has 0 unspecified atom stereocenters. The van der Waals surface area contributed by atoms with Crippen LogP contribution in [0.25, 0.3) is 0 Å². The van der Waals surface area contributed by atoms with Gasteiger partial charge in [0, 0.05) is 63.4 Å². The summed E-state index contributed by atoms with van der Waals surface area (Å²) in [5.74, 6) is -0.393. The highest BCUT2D eigenvalue weighted by molar-refractivity contribution is 6.04. The highest BCUT2D eigenvalue weighted by atomic mass is 16.2. The molecular formula is C20H25N5O2. The zero-order valence-corrected chi connectivity index (χ0v) is 16.0. The Bertz CT molecular complexity index is 811. The van der Waals surface area contributed by atoms with E-state index in [2.05, 4.69) is 15.2 Å². The zero-order valence-electron chi connectivity index (χ0n) is 16.0. The Morgan fingerprint density at radius 2 is 1.70 bits per heavy atom. The van der Waals surface area contributed by atoms with Crippen LogP contribution in [0.4, 0.5) is 11.4 Å². The third-order valence-corrected chi connectivity index (χ3v) is 4.67. The van der Waals surface area contributed by atoms with Crippen molar-refractivity contribution in [3.05, 3.63) is 53.9 Å². The Hall–Kier alpha value is -2.93. The number of aromatic nitrogens is 1. The van der Waals surface area contributed by atoms with E-state index in [1.54, 1.807) is 12.1 Å². The molecule has 0 radical (unpaired) electrons. The molecule has 0 atom stereocenters. The molecule has 0 aliphatic carbocycles. The highest BCUT2D eigenvalue weighted by Crippen LogP contribution is 2.16. The molecule has 1 aliphatic heterocycles. The molecule has 2 amide bonds. The molecule has 142 valence electrons. The molecule has 1 aromatic carbocycles. The van der Waals surface area contributed by atoms with Crippen LogP contribution in [0.15, 0.2) is 42.6 Å². The van der Waals surface area contributed by atoms with Crippen LogP contribution >= 0.6 is 0 Å². The van der Waals surface area contributed by atoms with Crippen LogP contribution in [0, 0.1) is 0 Å². The van der Waals surface area contributed by atoms with Gasteiger partial charge in [-0.25, -0.2) is 0 Å². The van der Waals surface area contributed by atoms with Gasteiger partial charge >= 0.3 is 0 Å². The summed E-state index contributed by atoms with van der Waals surface area (Å²) < 4.78 is 0. The lowest BCUT2D eigenvalue weighted by molar-refractivity contribution is 0.0664. The minimum atomic E-state index is -0.333. The molecule has 2 aromatic rings. The lowest BCUT2D eigenvalue weighted by atomic mass is 10.1. The quantitative estimate of drug-likeness (QED) is 0.892. The maximum atomic E-state index is 12.7. The molecule has 0 spiro atoms. The maximum absolute atomic E-state index is 12.7. The Labute approximate surface area is 159 Å². The van der Waals surface area contributed by atoms with Gasteiger partial charge in [-0.3, -0.25) is 14.6 Å². The number of anilines is 2. The minimum Gasteiger partial charge on any atom is -0.378 e. The SMILES string of the molecule is CN1CCN(C(=O)c2ccnc(C(=O)Nc3ccc(N(C)C)cc3)c2)CC1. The number of nitrogens with zero attached hydrogens (tertiary/aromatic N) is 4. The van der Waals surface area contributed by atoms with Gasteiger partial charge in [0.25, 0.3) is 11.8 Å². The van der Waals surface area contributed by atoms with Gasteiger partial charge in [0.2, 0.25) is 0 Å². The van der Waals surface area contributed by atoms with E-state index in [4.69, 9.17) is 0 Å². The molecule has 2 heterocycles. The predicted octanol–water partition coefficient (Wildman–Crippen LogP) is 1.79. The summed E-state index contributed by atoms with van der Waals surface area (Å²) in [6.07, 6.45) is 1.51. The highest BCUT2D eigenvalue weighted by Gasteiger charge is 2.21. The fourth-order valence-corrected chi connectivity index (χ4v) is 2.92. The van der Waals surface area contributed by atoms with Crippen LogP contribution in [-0.2, 0) is 0 Å². The number of hydrogen-bond donors (Lipinski definition) is 1. The summed E-state index contributed by atoms with van der Waals surface area (Å²) in [5.41, 5.74) is 2.45. The van der Waals surface area contributed by atoms with Gasteiger partial charge in [-0.05, 0) is 43.4 Å². The smallest absolute Gasteiger partial charge is 0.274 e. The molecule has 1 fully saturated rings. The number of carbonyl (C=O) groups is 2. The third kappa shape index (κ3) is 4.62. The Balaban J connectivity index is 1.69. The normalized spacial score (nSPS) is 14.7. The summed E-state index contributed by atoms with van der Waals surface area (Å²) in [6, 6.07) is 10.7. The van der Waals surface area contributed by atoms with Crippen molar-refractivity contribution in [2.45, 2.75) is 0 Å². The van der Waals surface area contributed by atoms with Gasteiger partial charge in [-0.1, -0.05) is 0 Å². The minimum absolute atomic E-state index is 0.0603. The number of hydrogen-bond acceptors (Lipinski definition) is 5. The van der Waals surface area contributed by atoms with E-state index in [-0.39, 0.29) is 17.5 Å². The van der Waals surface area contributed by atoms with Crippen LogP contribution in [0.3, 0.4) is 0 Å². The van der Waals surface area contributed by atoms with E-state index in [9.17, 15) is 9.59 Å². The van der Waals surface area contributed by atoms with Gasteiger partial charge in [-0.15, -0.1) is 0 Å². The first-order chi connectivity index (χ1) is 12.9. The average Bonchev–Trinajstić information content (AvgIpc) is 2.68. The standard InChI is InChI=1S/C20H25N5O2/c1-23(2)17-6-4-16(5-7-17)22-19(26)18-14-15(8-9-21-18)20(27)25-12-10-24(3)11-13-25/h4-9,14H,10-13H2,1-3H3,(H,22,26). The zero-order chi connectivity index (χ0) is 19.4. The van der Waals surface area contributed by atoms with Gasteiger partial charge in [-0.2, -0.15) is 0 Å². The largest absolute Gasteiger partial charge is 0.378 e. The van der Waals surface area contributed by atoms with Gasteiger partial charge in [0.1, 0.15) is 5.69 Å². The molecule has 1 saturated heterocycles.